The first-order valence-corrected chi connectivity index (χ1v) is 5.44. The number of amides is 1. The third-order valence-corrected chi connectivity index (χ3v) is 2.40. The van der Waals surface area contributed by atoms with Crippen LogP contribution >= 0.6 is 0 Å². The molecule has 6 heteroatoms. The predicted molar refractivity (Wildman–Crippen MR) is 63.8 cm³/mol. The zero-order valence-corrected chi connectivity index (χ0v) is 10.1. The highest BCUT2D eigenvalue weighted by atomic mass is 16.2. The SMILES string of the molecule is CCn1nc(C)cc1C(=O)Nc1cnn(C)c1. The van der Waals surface area contributed by atoms with Gasteiger partial charge < -0.3 is 5.32 Å². The van der Waals surface area contributed by atoms with Gasteiger partial charge in [0, 0.05) is 19.8 Å². The van der Waals surface area contributed by atoms with Gasteiger partial charge in [-0.3, -0.25) is 14.2 Å². The first-order valence-electron chi connectivity index (χ1n) is 5.44. The summed E-state index contributed by atoms with van der Waals surface area (Å²) in [5, 5.41) is 11.0. The van der Waals surface area contributed by atoms with Crippen molar-refractivity contribution in [1.29, 1.82) is 0 Å². The molecule has 0 fully saturated rings. The summed E-state index contributed by atoms with van der Waals surface area (Å²) in [5.74, 6) is -0.166. The zero-order valence-electron chi connectivity index (χ0n) is 10.1. The van der Waals surface area contributed by atoms with Crippen molar-refractivity contribution in [3.8, 4) is 0 Å². The number of hydrogen-bond donors (Lipinski definition) is 1. The van der Waals surface area contributed by atoms with Crippen molar-refractivity contribution in [2.75, 3.05) is 5.32 Å². The van der Waals surface area contributed by atoms with E-state index in [1.54, 1.807) is 34.9 Å². The Morgan fingerprint density at radius 1 is 1.53 bits per heavy atom. The largest absolute Gasteiger partial charge is 0.318 e. The summed E-state index contributed by atoms with van der Waals surface area (Å²) in [6.45, 7) is 4.49. The van der Waals surface area contributed by atoms with Gasteiger partial charge >= 0.3 is 0 Å². The van der Waals surface area contributed by atoms with E-state index < -0.39 is 0 Å². The second-order valence-corrected chi connectivity index (χ2v) is 3.84. The molecule has 90 valence electrons. The third kappa shape index (κ3) is 2.35. The fourth-order valence-corrected chi connectivity index (χ4v) is 1.65. The molecule has 0 aliphatic carbocycles. The average Bonchev–Trinajstić information content (AvgIpc) is 2.84. The van der Waals surface area contributed by atoms with E-state index in [1.807, 2.05) is 13.8 Å². The lowest BCUT2D eigenvalue weighted by Crippen LogP contribution is -2.17. The molecule has 2 aromatic rings. The standard InChI is InChI=1S/C11H15N5O/c1-4-16-10(5-8(2)14-16)11(17)13-9-6-12-15(3)7-9/h5-7H,4H2,1-3H3,(H,13,17). The number of aryl methyl sites for hydroxylation is 3. The van der Waals surface area contributed by atoms with E-state index in [1.165, 1.54) is 0 Å². The molecule has 0 saturated carbocycles. The molecular formula is C11H15N5O. The first kappa shape index (κ1) is 11.4. The molecule has 0 aromatic carbocycles. The van der Waals surface area contributed by atoms with Crippen LogP contribution in [0.25, 0.3) is 0 Å². The fourth-order valence-electron chi connectivity index (χ4n) is 1.65. The molecule has 0 aliphatic heterocycles. The van der Waals surface area contributed by atoms with Crippen LogP contribution in [0.3, 0.4) is 0 Å². The van der Waals surface area contributed by atoms with Gasteiger partial charge in [-0.25, -0.2) is 0 Å². The summed E-state index contributed by atoms with van der Waals surface area (Å²) in [4.78, 5) is 12.0. The molecule has 0 atom stereocenters. The topological polar surface area (TPSA) is 64.7 Å². The van der Waals surface area contributed by atoms with Gasteiger partial charge in [-0.1, -0.05) is 0 Å². The van der Waals surface area contributed by atoms with E-state index in [9.17, 15) is 4.79 Å². The second kappa shape index (κ2) is 4.40. The van der Waals surface area contributed by atoms with Gasteiger partial charge in [0.15, 0.2) is 0 Å². The Labute approximate surface area is 99.2 Å². The molecule has 6 nitrogen and oxygen atoms in total. The van der Waals surface area contributed by atoms with E-state index in [0.717, 1.165) is 5.69 Å². The van der Waals surface area contributed by atoms with Crippen molar-refractivity contribution in [2.45, 2.75) is 20.4 Å². The van der Waals surface area contributed by atoms with Crippen molar-refractivity contribution in [3.63, 3.8) is 0 Å². The van der Waals surface area contributed by atoms with Gasteiger partial charge in [-0.15, -0.1) is 0 Å². The minimum absolute atomic E-state index is 0.166. The lowest BCUT2D eigenvalue weighted by atomic mass is 10.3. The van der Waals surface area contributed by atoms with E-state index >= 15 is 0 Å². The van der Waals surface area contributed by atoms with Crippen LogP contribution in [0.5, 0.6) is 0 Å². The quantitative estimate of drug-likeness (QED) is 0.866. The maximum atomic E-state index is 12.0. The van der Waals surface area contributed by atoms with E-state index in [4.69, 9.17) is 0 Å². The van der Waals surface area contributed by atoms with E-state index in [-0.39, 0.29) is 5.91 Å². The minimum Gasteiger partial charge on any atom is -0.318 e. The summed E-state index contributed by atoms with van der Waals surface area (Å²) in [5.41, 5.74) is 2.08. The van der Waals surface area contributed by atoms with Gasteiger partial charge in [0.2, 0.25) is 0 Å². The molecule has 0 aliphatic rings. The van der Waals surface area contributed by atoms with Crippen LogP contribution in [0.15, 0.2) is 18.5 Å². The van der Waals surface area contributed by atoms with Gasteiger partial charge in [0.25, 0.3) is 5.91 Å². The number of nitrogens with zero attached hydrogens (tertiary/aromatic N) is 4. The summed E-state index contributed by atoms with van der Waals surface area (Å²) < 4.78 is 3.32. The molecule has 17 heavy (non-hydrogen) atoms. The summed E-state index contributed by atoms with van der Waals surface area (Å²) in [7, 11) is 1.80. The number of anilines is 1. The minimum atomic E-state index is -0.166. The number of carbonyl (C=O) groups excluding carboxylic acids is 1. The number of rotatable bonds is 3. The molecule has 1 amide bonds. The van der Waals surface area contributed by atoms with Crippen LogP contribution in [0.1, 0.15) is 23.1 Å². The molecule has 0 spiro atoms. The molecule has 2 heterocycles. The molecule has 2 rings (SSSR count). The summed E-state index contributed by atoms with van der Waals surface area (Å²) >= 11 is 0. The van der Waals surface area contributed by atoms with Gasteiger partial charge in [-0.2, -0.15) is 10.2 Å². The van der Waals surface area contributed by atoms with Crippen LogP contribution in [0, 0.1) is 6.92 Å². The van der Waals surface area contributed by atoms with Gasteiger partial charge in [0.05, 0.1) is 17.6 Å². The Morgan fingerprint density at radius 2 is 2.29 bits per heavy atom. The molecule has 0 radical (unpaired) electrons. The number of carbonyl (C=O) groups is 1. The highest BCUT2D eigenvalue weighted by Gasteiger charge is 2.13. The first-order chi connectivity index (χ1) is 8.10. The maximum absolute atomic E-state index is 12.0. The maximum Gasteiger partial charge on any atom is 0.274 e. The molecule has 1 N–H and O–H groups in total. The molecule has 2 aromatic heterocycles. The van der Waals surface area contributed by atoms with Crippen LogP contribution in [-0.2, 0) is 13.6 Å². The van der Waals surface area contributed by atoms with Crippen LogP contribution < -0.4 is 5.32 Å². The van der Waals surface area contributed by atoms with Crippen LogP contribution in [0.2, 0.25) is 0 Å². The molecule has 0 bridgehead atoms. The number of hydrogen-bond acceptors (Lipinski definition) is 3. The van der Waals surface area contributed by atoms with Crippen molar-refractivity contribution in [1.82, 2.24) is 19.6 Å². The molecule has 0 saturated heterocycles. The summed E-state index contributed by atoms with van der Waals surface area (Å²) in [6.07, 6.45) is 3.36. The number of aromatic nitrogens is 4. The highest BCUT2D eigenvalue weighted by Crippen LogP contribution is 2.09. The Kier molecular flexibility index (Phi) is 2.95. The number of nitrogens with one attached hydrogen (secondary N) is 1. The monoisotopic (exact) mass is 233 g/mol. The average molecular weight is 233 g/mol. The Bertz CT molecular complexity index is 540. The Balaban J connectivity index is 2.19. The van der Waals surface area contributed by atoms with Gasteiger partial charge in [-0.05, 0) is 19.9 Å². The summed E-state index contributed by atoms with van der Waals surface area (Å²) in [6, 6.07) is 1.77. The van der Waals surface area contributed by atoms with Crippen molar-refractivity contribution < 1.29 is 4.79 Å². The molecule has 0 unspecified atom stereocenters. The lowest BCUT2D eigenvalue weighted by Gasteiger charge is -2.04. The Morgan fingerprint density at radius 3 is 2.88 bits per heavy atom. The van der Waals surface area contributed by atoms with Crippen LogP contribution in [-0.4, -0.2) is 25.5 Å². The van der Waals surface area contributed by atoms with Crippen molar-refractivity contribution >= 4 is 11.6 Å². The molecular weight excluding hydrogens is 218 g/mol. The van der Waals surface area contributed by atoms with Crippen LogP contribution in [0.4, 0.5) is 5.69 Å². The lowest BCUT2D eigenvalue weighted by molar-refractivity contribution is 0.101. The normalized spacial score (nSPS) is 10.5. The third-order valence-electron chi connectivity index (χ3n) is 2.40. The van der Waals surface area contributed by atoms with Gasteiger partial charge in [0.1, 0.15) is 5.69 Å². The van der Waals surface area contributed by atoms with Crippen molar-refractivity contribution in [3.05, 3.63) is 29.8 Å². The van der Waals surface area contributed by atoms with E-state index in [0.29, 0.717) is 17.9 Å². The van der Waals surface area contributed by atoms with Crippen molar-refractivity contribution in [2.24, 2.45) is 7.05 Å². The smallest absolute Gasteiger partial charge is 0.274 e. The Hall–Kier alpha value is -2.11. The zero-order chi connectivity index (χ0) is 12.4. The van der Waals surface area contributed by atoms with E-state index in [2.05, 4.69) is 15.5 Å². The highest BCUT2D eigenvalue weighted by molar-refractivity contribution is 6.03. The predicted octanol–water partition coefficient (Wildman–Crippen LogP) is 1.20. The second-order valence-electron chi connectivity index (χ2n) is 3.84. The fraction of sp³-hybridized carbons (Fsp3) is 0.364.